The first kappa shape index (κ1) is 10.1. The first-order valence-electron chi connectivity index (χ1n) is 3.91. The molecule has 2 atom stereocenters. The van der Waals surface area contributed by atoms with Crippen LogP contribution in [-0.2, 0) is 0 Å². The lowest BCUT2D eigenvalue weighted by Crippen LogP contribution is -2.26. The van der Waals surface area contributed by atoms with Crippen LogP contribution < -0.4 is 5.73 Å². The standard InChI is InChI=1S/C9H11F2NO/c1-5(12)9(13)8-6(10)3-2-4-7(8)11/h2-5,9,13H,12H2,1H3/t5-,9+/m0/s1. The van der Waals surface area contributed by atoms with Crippen LogP contribution in [0.4, 0.5) is 8.78 Å². The van der Waals surface area contributed by atoms with Crippen LogP contribution >= 0.6 is 0 Å². The van der Waals surface area contributed by atoms with Crippen molar-refractivity contribution in [1.82, 2.24) is 0 Å². The van der Waals surface area contributed by atoms with E-state index >= 15 is 0 Å². The molecule has 0 spiro atoms. The molecule has 1 aromatic rings. The van der Waals surface area contributed by atoms with E-state index in [1.54, 1.807) is 0 Å². The zero-order valence-electron chi connectivity index (χ0n) is 7.17. The summed E-state index contributed by atoms with van der Waals surface area (Å²) in [5.41, 5.74) is 4.96. The summed E-state index contributed by atoms with van der Waals surface area (Å²) in [6.07, 6.45) is -1.30. The smallest absolute Gasteiger partial charge is 0.132 e. The molecule has 4 heteroatoms. The minimum atomic E-state index is -1.30. The van der Waals surface area contributed by atoms with E-state index < -0.39 is 23.8 Å². The van der Waals surface area contributed by atoms with Gasteiger partial charge in [-0.2, -0.15) is 0 Å². The summed E-state index contributed by atoms with van der Waals surface area (Å²) >= 11 is 0. The largest absolute Gasteiger partial charge is 0.387 e. The highest BCUT2D eigenvalue weighted by Gasteiger charge is 2.20. The molecule has 2 nitrogen and oxygen atoms in total. The number of nitrogens with two attached hydrogens (primary N) is 1. The molecule has 0 saturated carbocycles. The summed E-state index contributed by atoms with van der Waals surface area (Å²) in [5, 5.41) is 9.35. The molecule has 3 N–H and O–H groups in total. The Balaban J connectivity index is 3.12. The van der Waals surface area contributed by atoms with E-state index in [2.05, 4.69) is 0 Å². The van der Waals surface area contributed by atoms with E-state index in [9.17, 15) is 13.9 Å². The Labute approximate surface area is 75.0 Å². The molecule has 0 aliphatic carbocycles. The Morgan fingerprint density at radius 1 is 1.31 bits per heavy atom. The zero-order valence-corrected chi connectivity index (χ0v) is 7.17. The summed E-state index contributed by atoms with van der Waals surface area (Å²) in [6.45, 7) is 1.48. The molecular formula is C9H11F2NO. The maximum atomic E-state index is 13.0. The highest BCUT2D eigenvalue weighted by atomic mass is 19.1. The second-order valence-corrected chi connectivity index (χ2v) is 2.94. The average Bonchev–Trinajstić information content (AvgIpc) is 2.03. The Hall–Kier alpha value is -1.00. The van der Waals surface area contributed by atoms with E-state index in [1.807, 2.05) is 0 Å². The molecule has 0 aliphatic rings. The second kappa shape index (κ2) is 3.81. The van der Waals surface area contributed by atoms with Crippen molar-refractivity contribution in [1.29, 1.82) is 0 Å². The van der Waals surface area contributed by atoms with Crippen molar-refractivity contribution in [3.63, 3.8) is 0 Å². The summed E-state index contributed by atoms with van der Waals surface area (Å²) in [6, 6.07) is 2.71. The highest BCUT2D eigenvalue weighted by molar-refractivity contribution is 5.22. The van der Waals surface area contributed by atoms with Gasteiger partial charge in [0.25, 0.3) is 0 Å². The average molecular weight is 187 g/mol. The molecule has 13 heavy (non-hydrogen) atoms. The summed E-state index contributed by atoms with van der Waals surface area (Å²) < 4.78 is 26.0. The molecule has 1 aromatic carbocycles. The molecule has 72 valence electrons. The lowest BCUT2D eigenvalue weighted by Gasteiger charge is -2.15. The van der Waals surface area contributed by atoms with E-state index in [0.29, 0.717) is 0 Å². The van der Waals surface area contributed by atoms with Gasteiger partial charge in [0.2, 0.25) is 0 Å². The Kier molecular flexibility index (Phi) is 2.95. The van der Waals surface area contributed by atoms with Gasteiger partial charge in [-0.15, -0.1) is 0 Å². The van der Waals surface area contributed by atoms with Gasteiger partial charge >= 0.3 is 0 Å². The van der Waals surface area contributed by atoms with Gasteiger partial charge in [0.15, 0.2) is 0 Å². The molecule has 0 aliphatic heterocycles. The molecule has 0 bridgehead atoms. The Morgan fingerprint density at radius 3 is 2.15 bits per heavy atom. The van der Waals surface area contributed by atoms with Crippen molar-refractivity contribution in [2.24, 2.45) is 5.73 Å². The van der Waals surface area contributed by atoms with E-state index in [-0.39, 0.29) is 5.56 Å². The van der Waals surface area contributed by atoms with E-state index in [0.717, 1.165) is 12.1 Å². The topological polar surface area (TPSA) is 46.2 Å². The van der Waals surface area contributed by atoms with Crippen molar-refractivity contribution in [3.8, 4) is 0 Å². The van der Waals surface area contributed by atoms with Gasteiger partial charge in [-0.3, -0.25) is 0 Å². The van der Waals surface area contributed by atoms with Gasteiger partial charge in [0.05, 0.1) is 11.7 Å². The second-order valence-electron chi connectivity index (χ2n) is 2.94. The number of hydrogen-bond donors (Lipinski definition) is 2. The van der Waals surface area contributed by atoms with E-state index in [4.69, 9.17) is 5.73 Å². The number of halogens is 2. The fourth-order valence-electron chi connectivity index (χ4n) is 1.06. The predicted molar refractivity (Wildman–Crippen MR) is 45.0 cm³/mol. The molecule has 0 radical (unpaired) electrons. The maximum Gasteiger partial charge on any atom is 0.132 e. The van der Waals surface area contributed by atoms with Crippen LogP contribution in [0, 0.1) is 11.6 Å². The number of hydrogen-bond acceptors (Lipinski definition) is 2. The van der Waals surface area contributed by atoms with Crippen molar-refractivity contribution >= 4 is 0 Å². The van der Waals surface area contributed by atoms with Crippen LogP contribution in [0.1, 0.15) is 18.6 Å². The lowest BCUT2D eigenvalue weighted by molar-refractivity contribution is 0.144. The van der Waals surface area contributed by atoms with E-state index in [1.165, 1.54) is 13.0 Å². The molecule has 0 saturated heterocycles. The van der Waals surface area contributed by atoms with Gasteiger partial charge in [0, 0.05) is 6.04 Å². The Morgan fingerprint density at radius 2 is 1.77 bits per heavy atom. The number of aliphatic hydroxyl groups excluding tert-OH is 1. The molecule has 0 fully saturated rings. The van der Waals surface area contributed by atoms with Crippen LogP contribution in [0.15, 0.2) is 18.2 Å². The van der Waals surface area contributed by atoms with Gasteiger partial charge in [-0.25, -0.2) is 8.78 Å². The molecule has 0 aromatic heterocycles. The number of aliphatic hydroxyl groups is 1. The minimum Gasteiger partial charge on any atom is -0.387 e. The van der Waals surface area contributed by atoms with Gasteiger partial charge < -0.3 is 10.8 Å². The molecule has 0 amide bonds. The fraction of sp³-hybridized carbons (Fsp3) is 0.333. The summed E-state index contributed by atoms with van der Waals surface area (Å²) in [5.74, 6) is -1.55. The predicted octanol–water partition coefficient (Wildman–Crippen LogP) is 1.35. The molecule has 0 unspecified atom stereocenters. The molecule has 0 heterocycles. The third-order valence-electron chi connectivity index (χ3n) is 1.79. The monoisotopic (exact) mass is 187 g/mol. The van der Waals surface area contributed by atoms with Crippen LogP contribution in [0.25, 0.3) is 0 Å². The maximum absolute atomic E-state index is 13.0. The number of rotatable bonds is 2. The first-order valence-corrected chi connectivity index (χ1v) is 3.91. The SMILES string of the molecule is C[C@H](N)[C@@H](O)c1c(F)cccc1F. The lowest BCUT2D eigenvalue weighted by atomic mass is 10.0. The zero-order chi connectivity index (χ0) is 10.0. The third kappa shape index (κ3) is 2.02. The fourth-order valence-corrected chi connectivity index (χ4v) is 1.06. The van der Waals surface area contributed by atoms with Gasteiger partial charge in [-0.1, -0.05) is 6.07 Å². The van der Waals surface area contributed by atoms with Crippen LogP contribution in [0.2, 0.25) is 0 Å². The highest BCUT2D eigenvalue weighted by Crippen LogP contribution is 2.22. The van der Waals surface area contributed by atoms with Crippen LogP contribution in [-0.4, -0.2) is 11.1 Å². The molecular weight excluding hydrogens is 176 g/mol. The normalized spacial score (nSPS) is 15.5. The van der Waals surface area contributed by atoms with Gasteiger partial charge in [0.1, 0.15) is 11.6 Å². The Bertz CT molecular complexity index is 281. The van der Waals surface area contributed by atoms with Crippen molar-refractivity contribution in [2.45, 2.75) is 19.1 Å². The first-order chi connectivity index (χ1) is 6.04. The third-order valence-corrected chi connectivity index (χ3v) is 1.79. The van der Waals surface area contributed by atoms with Crippen molar-refractivity contribution < 1.29 is 13.9 Å². The van der Waals surface area contributed by atoms with Gasteiger partial charge in [-0.05, 0) is 19.1 Å². The van der Waals surface area contributed by atoms with Crippen molar-refractivity contribution in [3.05, 3.63) is 35.4 Å². The van der Waals surface area contributed by atoms with Crippen molar-refractivity contribution in [2.75, 3.05) is 0 Å². The molecule has 1 rings (SSSR count). The van der Waals surface area contributed by atoms with Crippen LogP contribution in [0.5, 0.6) is 0 Å². The van der Waals surface area contributed by atoms with Crippen LogP contribution in [0.3, 0.4) is 0 Å². The summed E-state index contributed by atoms with van der Waals surface area (Å²) in [7, 11) is 0. The quantitative estimate of drug-likeness (QED) is 0.734. The minimum absolute atomic E-state index is 0.363. The summed E-state index contributed by atoms with van der Waals surface area (Å²) in [4.78, 5) is 0. The number of benzene rings is 1.